The fraction of sp³-hybridized carbons (Fsp3) is 0.211. The predicted octanol–water partition coefficient (Wildman–Crippen LogP) is 3.45. The first-order chi connectivity index (χ1) is 11.1. The summed E-state index contributed by atoms with van der Waals surface area (Å²) in [4.78, 5) is 23.8. The minimum Gasteiger partial charge on any atom is -0.308 e. The summed E-state index contributed by atoms with van der Waals surface area (Å²) in [6.45, 7) is 4.61. The first-order valence-corrected chi connectivity index (χ1v) is 7.78. The van der Waals surface area contributed by atoms with E-state index in [2.05, 4.69) is 16.0 Å². The number of aryl methyl sites for hydroxylation is 2. The summed E-state index contributed by atoms with van der Waals surface area (Å²) in [5, 5.41) is 0. The summed E-state index contributed by atoms with van der Waals surface area (Å²) in [7, 11) is 0. The Morgan fingerprint density at radius 2 is 1.74 bits per heavy atom. The molecule has 0 unspecified atom stereocenters. The molecular formula is C19H17N3O. The maximum absolute atomic E-state index is 12.9. The Kier molecular flexibility index (Phi) is 3.11. The summed E-state index contributed by atoms with van der Waals surface area (Å²) < 4.78 is 0. The molecule has 0 bridgehead atoms. The number of hydrogen-bond acceptors (Lipinski definition) is 3. The van der Waals surface area contributed by atoms with Gasteiger partial charge >= 0.3 is 0 Å². The monoisotopic (exact) mass is 303 g/mol. The van der Waals surface area contributed by atoms with Crippen LogP contribution in [0.3, 0.4) is 0 Å². The number of amides is 1. The number of rotatable bonds is 1. The summed E-state index contributed by atoms with van der Waals surface area (Å²) in [6.07, 6.45) is 0.910. The van der Waals surface area contributed by atoms with Crippen molar-refractivity contribution in [1.29, 1.82) is 0 Å². The zero-order valence-electron chi connectivity index (χ0n) is 13.2. The highest BCUT2D eigenvalue weighted by atomic mass is 16.2. The van der Waals surface area contributed by atoms with Gasteiger partial charge in [-0.1, -0.05) is 18.2 Å². The van der Waals surface area contributed by atoms with Crippen LogP contribution in [0.1, 0.15) is 27.3 Å². The average Bonchev–Trinajstić information content (AvgIpc) is 2.99. The number of para-hydroxylation sites is 1. The Hall–Kier alpha value is -2.75. The van der Waals surface area contributed by atoms with E-state index in [-0.39, 0.29) is 5.91 Å². The largest absolute Gasteiger partial charge is 0.308 e. The van der Waals surface area contributed by atoms with Crippen LogP contribution >= 0.6 is 0 Å². The van der Waals surface area contributed by atoms with Gasteiger partial charge in [-0.15, -0.1) is 0 Å². The first-order valence-electron chi connectivity index (χ1n) is 7.78. The van der Waals surface area contributed by atoms with E-state index in [1.165, 1.54) is 5.56 Å². The third kappa shape index (κ3) is 2.27. The lowest BCUT2D eigenvalue weighted by Gasteiger charge is -2.17. The molecule has 1 aromatic heterocycles. The maximum atomic E-state index is 12.9. The molecule has 1 aliphatic rings. The third-order valence-corrected chi connectivity index (χ3v) is 4.45. The summed E-state index contributed by atoms with van der Waals surface area (Å²) >= 11 is 0. The first kappa shape index (κ1) is 13.9. The lowest BCUT2D eigenvalue weighted by atomic mass is 10.1. The number of benzene rings is 2. The Balaban J connectivity index is 1.75. The molecule has 114 valence electrons. The van der Waals surface area contributed by atoms with Crippen molar-refractivity contribution in [3.8, 4) is 0 Å². The number of carbonyl (C=O) groups is 1. The van der Waals surface area contributed by atoms with Gasteiger partial charge in [0, 0.05) is 17.8 Å². The van der Waals surface area contributed by atoms with E-state index in [1.807, 2.05) is 55.1 Å². The van der Waals surface area contributed by atoms with Gasteiger partial charge in [-0.05, 0) is 50.1 Å². The Morgan fingerprint density at radius 3 is 2.57 bits per heavy atom. The van der Waals surface area contributed by atoms with Gasteiger partial charge in [0.05, 0.1) is 22.4 Å². The van der Waals surface area contributed by atoms with E-state index in [4.69, 9.17) is 0 Å². The predicted molar refractivity (Wildman–Crippen MR) is 90.8 cm³/mol. The van der Waals surface area contributed by atoms with E-state index >= 15 is 0 Å². The number of carbonyl (C=O) groups excluding carboxylic acids is 1. The van der Waals surface area contributed by atoms with Crippen LogP contribution in [0.5, 0.6) is 0 Å². The average molecular weight is 303 g/mol. The minimum atomic E-state index is 0.0249. The molecule has 0 radical (unpaired) electrons. The van der Waals surface area contributed by atoms with Crippen LogP contribution < -0.4 is 4.90 Å². The van der Waals surface area contributed by atoms with Crippen molar-refractivity contribution in [3.05, 3.63) is 65.0 Å². The minimum absolute atomic E-state index is 0.0249. The molecule has 3 aromatic rings. The number of anilines is 1. The van der Waals surface area contributed by atoms with Crippen LogP contribution in [0.4, 0.5) is 5.69 Å². The van der Waals surface area contributed by atoms with Crippen molar-refractivity contribution in [2.75, 3.05) is 11.4 Å². The molecule has 23 heavy (non-hydrogen) atoms. The zero-order chi connectivity index (χ0) is 16.0. The van der Waals surface area contributed by atoms with Crippen LogP contribution in [0.15, 0.2) is 42.5 Å². The van der Waals surface area contributed by atoms with Crippen LogP contribution in [0, 0.1) is 13.8 Å². The highest BCUT2D eigenvalue weighted by molar-refractivity contribution is 6.08. The Bertz CT molecular complexity index is 933. The molecule has 1 amide bonds. The van der Waals surface area contributed by atoms with Crippen LogP contribution in [0.2, 0.25) is 0 Å². The standard InChI is InChI=1S/C19H17N3O/c1-12-13(2)21-17-11-15(7-8-16(17)20-12)19(23)22-10-9-14-5-3-4-6-18(14)22/h3-8,11H,9-10H2,1-2H3. The molecule has 0 saturated heterocycles. The number of nitrogens with zero attached hydrogens (tertiary/aromatic N) is 3. The van der Waals surface area contributed by atoms with Gasteiger partial charge in [0.25, 0.3) is 5.91 Å². The molecule has 0 fully saturated rings. The van der Waals surface area contributed by atoms with Crippen molar-refractivity contribution in [1.82, 2.24) is 9.97 Å². The lowest BCUT2D eigenvalue weighted by Crippen LogP contribution is -2.28. The van der Waals surface area contributed by atoms with Gasteiger partial charge in [-0.2, -0.15) is 0 Å². The van der Waals surface area contributed by atoms with Gasteiger partial charge in [0.1, 0.15) is 0 Å². The maximum Gasteiger partial charge on any atom is 0.258 e. The molecule has 4 nitrogen and oxygen atoms in total. The Labute approximate surface area is 134 Å². The molecule has 2 heterocycles. The number of hydrogen-bond donors (Lipinski definition) is 0. The second-order valence-corrected chi connectivity index (χ2v) is 5.93. The topological polar surface area (TPSA) is 46.1 Å². The molecule has 0 spiro atoms. The van der Waals surface area contributed by atoms with Crippen molar-refractivity contribution >= 4 is 22.6 Å². The second-order valence-electron chi connectivity index (χ2n) is 5.93. The van der Waals surface area contributed by atoms with E-state index in [9.17, 15) is 4.79 Å². The molecule has 0 atom stereocenters. The van der Waals surface area contributed by atoms with E-state index in [0.29, 0.717) is 5.56 Å². The van der Waals surface area contributed by atoms with Crippen molar-refractivity contribution in [2.24, 2.45) is 0 Å². The van der Waals surface area contributed by atoms with Crippen LogP contribution in [-0.2, 0) is 6.42 Å². The SMILES string of the molecule is Cc1nc2ccc(C(=O)N3CCc4ccccc43)cc2nc1C. The number of aromatic nitrogens is 2. The number of fused-ring (bicyclic) bond motifs is 2. The smallest absolute Gasteiger partial charge is 0.258 e. The van der Waals surface area contributed by atoms with E-state index in [1.54, 1.807) is 0 Å². The van der Waals surface area contributed by atoms with E-state index < -0.39 is 0 Å². The quantitative estimate of drug-likeness (QED) is 0.691. The second kappa shape index (κ2) is 5.16. The lowest BCUT2D eigenvalue weighted by molar-refractivity contribution is 0.0989. The molecule has 1 aliphatic heterocycles. The Morgan fingerprint density at radius 1 is 1.00 bits per heavy atom. The molecule has 0 N–H and O–H groups in total. The molecule has 0 aliphatic carbocycles. The molecule has 0 saturated carbocycles. The molecular weight excluding hydrogens is 286 g/mol. The van der Waals surface area contributed by atoms with Crippen molar-refractivity contribution < 1.29 is 4.79 Å². The fourth-order valence-corrected chi connectivity index (χ4v) is 3.07. The third-order valence-electron chi connectivity index (χ3n) is 4.45. The van der Waals surface area contributed by atoms with Gasteiger partial charge < -0.3 is 4.90 Å². The molecule has 2 aromatic carbocycles. The van der Waals surface area contributed by atoms with Crippen LogP contribution in [-0.4, -0.2) is 22.4 Å². The van der Waals surface area contributed by atoms with E-state index in [0.717, 1.165) is 41.1 Å². The molecule has 4 rings (SSSR count). The van der Waals surface area contributed by atoms with Gasteiger partial charge in [0.2, 0.25) is 0 Å². The van der Waals surface area contributed by atoms with Crippen molar-refractivity contribution in [2.45, 2.75) is 20.3 Å². The normalized spacial score (nSPS) is 13.4. The van der Waals surface area contributed by atoms with Gasteiger partial charge in [0.15, 0.2) is 0 Å². The van der Waals surface area contributed by atoms with Gasteiger partial charge in [-0.3, -0.25) is 4.79 Å². The van der Waals surface area contributed by atoms with Crippen molar-refractivity contribution in [3.63, 3.8) is 0 Å². The van der Waals surface area contributed by atoms with Crippen LogP contribution in [0.25, 0.3) is 11.0 Å². The fourth-order valence-electron chi connectivity index (χ4n) is 3.07. The summed E-state index contributed by atoms with van der Waals surface area (Å²) in [5.74, 6) is 0.0249. The summed E-state index contributed by atoms with van der Waals surface area (Å²) in [5.41, 5.74) is 6.32. The van der Waals surface area contributed by atoms with Gasteiger partial charge in [-0.25, -0.2) is 9.97 Å². The highest BCUT2D eigenvalue weighted by Gasteiger charge is 2.25. The zero-order valence-corrected chi connectivity index (χ0v) is 13.2. The summed E-state index contributed by atoms with van der Waals surface area (Å²) in [6, 6.07) is 13.7. The highest BCUT2D eigenvalue weighted by Crippen LogP contribution is 2.29. The molecule has 4 heteroatoms.